The lowest BCUT2D eigenvalue weighted by Gasteiger charge is -2.23. The third-order valence-corrected chi connectivity index (χ3v) is 29.3. The van der Waals surface area contributed by atoms with Gasteiger partial charge in [0, 0.05) is 125 Å². The van der Waals surface area contributed by atoms with Crippen molar-refractivity contribution in [2.75, 3.05) is 0 Å². The van der Waals surface area contributed by atoms with Gasteiger partial charge in [0.25, 0.3) is 0 Å². The number of furan rings is 6. The lowest BCUT2D eigenvalue weighted by molar-refractivity contribution is 0.660. The molecule has 21 aromatic carbocycles. The second kappa shape index (κ2) is 29.9. The molecule has 0 amide bonds. The molecule has 646 valence electrons. The highest BCUT2D eigenvalue weighted by atomic mass is 16.3. The van der Waals surface area contributed by atoms with Crippen LogP contribution in [0.25, 0.3) is 281 Å². The van der Waals surface area contributed by atoms with Gasteiger partial charge in [-0.2, -0.15) is 0 Å². The molecule has 1 aliphatic rings. The summed E-state index contributed by atoms with van der Waals surface area (Å²) in [6.07, 6.45) is 0. The maximum atomic E-state index is 6.31. The average molecular weight is 1770 g/mol. The van der Waals surface area contributed by atoms with Crippen molar-refractivity contribution >= 4 is 197 Å². The molecule has 30 aromatic rings. The molecule has 0 spiro atoms. The quantitative estimate of drug-likeness (QED) is 0.150. The first-order valence-electron chi connectivity index (χ1n) is 47.1. The molecule has 31 rings (SSSR count). The molecule has 0 saturated heterocycles. The fourth-order valence-corrected chi connectivity index (χ4v) is 22.8. The number of benzene rings is 21. The molecule has 9 heteroatoms. The highest BCUT2D eigenvalue weighted by Crippen LogP contribution is 2.53. The Morgan fingerprint density at radius 1 is 0.159 bits per heavy atom. The molecule has 138 heavy (non-hydrogen) atoms. The monoisotopic (exact) mass is 1770 g/mol. The lowest BCUT2D eigenvalue weighted by Crippen LogP contribution is -2.15. The van der Waals surface area contributed by atoms with E-state index in [0.717, 1.165) is 138 Å². The van der Waals surface area contributed by atoms with Gasteiger partial charge in [-0.15, -0.1) is 0 Å². The van der Waals surface area contributed by atoms with Crippen LogP contribution in [0.2, 0.25) is 0 Å². The molecule has 0 aliphatic heterocycles. The Morgan fingerprint density at radius 3 is 0.870 bits per heavy atom. The van der Waals surface area contributed by atoms with Crippen LogP contribution in [0.5, 0.6) is 0 Å². The van der Waals surface area contributed by atoms with Crippen molar-refractivity contribution in [1.29, 1.82) is 0 Å². The van der Waals surface area contributed by atoms with Gasteiger partial charge in [0.2, 0.25) is 0 Å². The van der Waals surface area contributed by atoms with Gasteiger partial charge in [0.1, 0.15) is 67.0 Å². The molecule has 0 fully saturated rings. The van der Waals surface area contributed by atoms with Crippen LogP contribution < -0.4 is 0 Å². The molecule has 0 N–H and O–H groups in total. The van der Waals surface area contributed by atoms with Crippen LogP contribution in [0, 0.1) is 0 Å². The van der Waals surface area contributed by atoms with E-state index in [2.05, 4.69) is 404 Å². The zero-order valence-corrected chi connectivity index (χ0v) is 74.9. The van der Waals surface area contributed by atoms with Gasteiger partial charge in [0.05, 0.1) is 33.1 Å². The largest absolute Gasteiger partial charge is 0.456 e. The minimum atomic E-state index is -0.171. The maximum Gasteiger partial charge on any atom is 0.143 e. The number of fused-ring (bicyclic) bond motifs is 33. The van der Waals surface area contributed by atoms with Crippen molar-refractivity contribution < 1.29 is 26.5 Å². The molecular weight excluding hydrogens is 1690 g/mol. The minimum absolute atomic E-state index is 0.171. The van der Waals surface area contributed by atoms with E-state index in [9.17, 15) is 0 Å². The summed E-state index contributed by atoms with van der Waals surface area (Å²) >= 11 is 0. The molecular formula is C129H79N3O6. The van der Waals surface area contributed by atoms with E-state index < -0.39 is 0 Å². The minimum Gasteiger partial charge on any atom is -0.456 e. The van der Waals surface area contributed by atoms with Crippen molar-refractivity contribution in [2.45, 2.75) is 19.3 Å². The van der Waals surface area contributed by atoms with E-state index in [-0.39, 0.29) is 5.41 Å². The number of hydrogen-bond acceptors (Lipinski definition) is 6. The summed E-state index contributed by atoms with van der Waals surface area (Å²) in [5.74, 6) is 0. The Morgan fingerprint density at radius 2 is 0.435 bits per heavy atom. The van der Waals surface area contributed by atoms with Gasteiger partial charge in [-0.25, -0.2) is 0 Å². The fourth-order valence-electron chi connectivity index (χ4n) is 22.8. The molecule has 9 aromatic heterocycles. The zero-order chi connectivity index (χ0) is 90.7. The van der Waals surface area contributed by atoms with E-state index in [1.807, 2.05) is 66.7 Å². The van der Waals surface area contributed by atoms with Crippen LogP contribution >= 0.6 is 0 Å². The molecule has 1 aliphatic carbocycles. The smallest absolute Gasteiger partial charge is 0.143 e. The predicted molar refractivity (Wildman–Crippen MR) is 571 cm³/mol. The van der Waals surface area contributed by atoms with Crippen LogP contribution in [-0.2, 0) is 5.41 Å². The first-order valence-corrected chi connectivity index (χ1v) is 47.1. The molecule has 0 unspecified atom stereocenters. The molecule has 0 radical (unpaired) electrons. The normalized spacial score (nSPS) is 12.6. The van der Waals surface area contributed by atoms with Gasteiger partial charge in [-0.3, -0.25) is 0 Å². The van der Waals surface area contributed by atoms with Crippen LogP contribution in [0.15, 0.2) is 469 Å². The third kappa shape index (κ3) is 11.8. The van der Waals surface area contributed by atoms with Gasteiger partial charge in [-0.1, -0.05) is 299 Å². The Kier molecular flexibility index (Phi) is 16.8. The third-order valence-electron chi connectivity index (χ3n) is 29.3. The highest BCUT2D eigenvalue weighted by molar-refractivity contribution is 6.31. The van der Waals surface area contributed by atoms with Gasteiger partial charge >= 0.3 is 0 Å². The first-order chi connectivity index (χ1) is 68.2. The number of aromatic nitrogens is 3. The Balaban J connectivity index is 0.0000000999. The Hall–Kier alpha value is -18.2. The van der Waals surface area contributed by atoms with E-state index in [1.165, 1.54) is 154 Å². The first kappa shape index (κ1) is 77.4. The second-order valence-corrected chi connectivity index (χ2v) is 37.1. The SMILES string of the molecule is CC1(C)c2cc(-c3ccc4oc5ccccc5c4c3)ccc2-c2ccc(-n3c4ccccc4c4c5c(ccc43)oc3ccccc35)cc21.c1ccc2c(c1)oc1c(-c3ccc(-c4ccc(-n5c6ccccc6c6c7c(ccc65)oc5ccccc57)cc4)cc3)cccc12.c1ccc2c(c1)oc1ccc(-c3ccc(-c4ccc(-n5c6ccccc6c6c7c(ccc65)oc5ccccc57)cc4)cc3)cc12. The van der Waals surface area contributed by atoms with Crippen molar-refractivity contribution in [3.05, 3.63) is 454 Å². The number of hydrogen-bond donors (Lipinski definition) is 0. The lowest BCUT2D eigenvalue weighted by atomic mass is 9.81. The number of nitrogens with zero attached hydrogens (tertiary/aromatic N) is 3. The van der Waals surface area contributed by atoms with Crippen LogP contribution in [-0.4, -0.2) is 13.7 Å². The molecule has 9 heterocycles. The Bertz CT molecular complexity index is 10300. The predicted octanol–water partition coefficient (Wildman–Crippen LogP) is 36.4. The van der Waals surface area contributed by atoms with E-state index in [4.69, 9.17) is 26.5 Å². The zero-order valence-electron chi connectivity index (χ0n) is 74.9. The second-order valence-electron chi connectivity index (χ2n) is 37.1. The van der Waals surface area contributed by atoms with Crippen molar-refractivity contribution in [3.8, 4) is 83.8 Å². The summed E-state index contributed by atoms with van der Waals surface area (Å²) in [5.41, 5.74) is 38.5. The fraction of sp³-hybridized carbons (Fsp3) is 0.0233. The number of para-hydroxylation sites is 10. The maximum absolute atomic E-state index is 6.31. The number of rotatable bonds is 8. The van der Waals surface area contributed by atoms with Crippen LogP contribution in [0.3, 0.4) is 0 Å². The van der Waals surface area contributed by atoms with E-state index in [0.29, 0.717) is 0 Å². The summed E-state index contributed by atoms with van der Waals surface area (Å²) in [5, 5.41) is 21.3. The Labute approximate surface area is 788 Å². The van der Waals surface area contributed by atoms with Crippen LogP contribution in [0.1, 0.15) is 25.0 Å². The molecule has 0 saturated carbocycles. The van der Waals surface area contributed by atoms with Gasteiger partial charge in [0.15, 0.2) is 0 Å². The molecule has 0 bridgehead atoms. The summed E-state index contributed by atoms with van der Waals surface area (Å²) < 4.78 is 44.4. The van der Waals surface area contributed by atoms with Crippen molar-refractivity contribution in [2.24, 2.45) is 0 Å². The van der Waals surface area contributed by atoms with Crippen LogP contribution in [0.4, 0.5) is 0 Å². The van der Waals surface area contributed by atoms with Gasteiger partial charge in [-0.05, 0) is 230 Å². The van der Waals surface area contributed by atoms with Crippen molar-refractivity contribution in [3.63, 3.8) is 0 Å². The van der Waals surface area contributed by atoms with E-state index >= 15 is 0 Å². The molecule has 0 atom stereocenters. The summed E-state index contributed by atoms with van der Waals surface area (Å²) in [4.78, 5) is 0. The topological polar surface area (TPSA) is 93.6 Å². The summed E-state index contributed by atoms with van der Waals surface area (Å²) in [6.45, 7) is 4.73. The highest BCUT2D eigenvalue weighted by Gasteiger charge is 2.37. The standard InChI is InChI=1S/C45H29NO2.2C42H25NO2/c1-45(2)35-24-27(26-16-21-41-34(23-26)31-9-4-7-13-39(31)47-41)15-18-29(35)30-19-17-28(25-36(30)45)46-37-12-6-3-10-32(37)43-38(46)20-22-42-44(43)33-11-5-8-14-40(33)48-42;1-4-13-35-33(9-1)40-36(24-25-39-41(40)34-10-3-6-15-38(34)44-39)43(35)29-22-20-27(21-23-29)26-16-18-28(19-17-26)30-11-7-12-32-31-8-2-5-14-37(31)45-42(30)32;1-4-10-35-32(8-1)41-36(22-24-40-42(41)33-9-3-6-12-38(33)45-40)43(35)30-20-17-27(18-21-30)26-13-15-28(16-14-26)29-19-23-39-34(25-29)31-7-2-5-11-37(31)44-39/h3-25H,1-2H3;2*1-25H. The summed E-state index contributed by atoms with van der Waals surface area (Å²) in [7, 11) is 0. The molecule has 9 nitrogen and oxygen atoms in total. The van der Waals surface area contributed by atoms with Crippen molar-refractivity contribution in [1.82, 2.24) is 13.7 Å². The van der Waals surface area contributed by atoms with E-state index in [1.54, 1.807) is 0 Å². The average Bonchev–Trinajstić information content (AvgIpc) is 1.54. The van der Waals surface area contributed by atoms with Gasteiger partial charge < -0.3 is 40.2 Å². The summed E-state index contributed by atoms with van der Waals surface area (Å²) in [6, 6.07) is 158.